The molecule has 25 heavy (non-hydrogen) atoms. The first-order chi connectivity index (χ1) is 12.0. The summed E-state index contributed by atoms with van der Waals surface area (Å²) in [7, 11) is 0. The van der Waals surface area contributed by atoms with Gasteiger partial charge in [0.1, 0.15) is 5.76 Å². The normalized spacial score (nSPS) is 20.3. The quantitative estimate of drug-likeness (QED) is 0.466. The summed E-state index contributed by atoms with van der Waals surface area (Å²) in [6, 6.07) is 3.88. The average molecular weight is 378 g/mol. The van der Waals surface area contributed by atoms with Crippen LogP contribution in [0.4, 0.5) is 0 Å². The third-order valence-electron chi connectivity index (χ3n) is 4.14. The molecule has 0 spiro atoms. The predicted octanol–water partition coefficient (Wildman–Crippen LogP) is 3.24. The summed E-state index contributed by atoms with van der Waals surface area (Å²) in [6.07, 6.45) is 8.94. The fourth-order valence-corrected chi connectivity index (χ4v) is 3.57. The van der Waals surface area contributed by atoms with E-state index in [4.69, 9.17) is 22.9 Å². The monoisotopic (exact) mass is 377 g/mol. The second-order valence-electron chi connectivity index (χ2n) is 5.84. The Morgan fingerprint density at radius 2 is 2.20 bits per heavy atom. The number of carboxylic acid groups (broad SMARTS) is 1. The lowest BCUT2D eigenvalue weighted by atomic mass is 9.95. The van der Waals surface area contributed by atoms with E-state index in [0.717, 1.165) is 17.7 Å². The minimum absolute atomic E-state index is 0.0247. The highest BCUT2D eigenvalue weighted by atomic mass is 35.5. The van der Waals surface area contributed by atoms with E-state index in [0.29, 0.717) is 10.8 Å². The third kappa shape index (κ3) is 3.40. The molecule has 1 aromatic carbocycles. The summed E-state index contributed by atoms with van der Waals surface area (Å²) < 4.78 is 0. The van der Waals surface area contributed by atoms with E-state index in [1.807, 2.05) is 6.26 Å². The smallest absolute Gasteiger partial charge is 0.329 e. The number of carbonyl (C=O) groups excluding carboxylic acids is 1. The zero-order valence-corrected chi connectivity index (χ0v) is 15.1. The first kappa shape index (κ1) is 17.9. The van der Waals surface area contributed by atoms with Crippen molar-refractivity contribution in [3.63, 3.8) is 0 Å². The van der Waals surface area contributed by atoms with E-state index in [1.54, 1.807) is 18.2 Å². The lowest BCUT2D eigenvalue weighted by molar-refractivity contribution is -0.159. The molecule has 0 bridgehead atoms. The highest BCUT2D eigenvalue weighted by molar-refractivity contribution is 7.98. The maximum Gasteiger partial charge on any atom is 0.329 e. The van der Waals surface area contributed by atoms with Crippen LogP contribution >= 0.6 is 23.4 Å². The third-order valence-corrected chi connectivity index (χ3v) is 5.18. The van der Waals surface area contributed by atoms with Gasteiger partial charge < -0.3 is 9.94 Å². The molecule has 1 aliphatic carbocycles. The molecule has 1 unspecified atom stereocenters. The molecular formula is C18H16ClNO4S. The molecule has 1 aromatic rings. The maximum absolute atomic E-state index is 13.1. The van der Waals surface area contributed by atoms with Gasteiger partial charge in [0.05, 0.1) is 17.1 Å². The molecule has 2 aliphatic rings. The molecule has 130 valence electrons. The Bertz CT molecular complexity index is 810. The van der Waals surface area contributed by atoms with Gasteiger partial charge in [0, 0.05) is 16.4 Å². The second kappa shape index (κ2) is 7.12. The van der Waals surface area contributed by atoms with E-state index in [2.05, 4.69) is 5.92 Å². The van der Waals surface area contributed by atoms with Gasteiger partial charge in [0.2, 0.25) is 0 Å². The van der Waals surface area contributed by atoms with Crippen LogP contribution in [0.2, 0.25) is 5.02 Å². The highest BCUT2D eigenvalue weighted by Crippen LogP contribution is 2.44. The Morgan fingerprint density at radius 1 is 1.48 bits per heavy atom. The first-order valence-corrected chi connectivity index (χ1v) is 9.31. The molecule has 0 aromatic heterocycles. The number of rotatable bonds is 6. The fourth-order valence-electron chi connectivity index (χ4n) is 2.80. The number of carbonyl (C=O) groups is 2. The molecule has 0 amide bonds. The van der Waals surface area contributed by atoms with Gasteiger partial charge in [-0.15, -0.1) is 23.2 Å². The number of nitrogens with zero attached hydrogens (tertiary/aromatic N) is 1. The molecule has 1 heterocycles. The summed E-state index contributed by atoms with van der Waals surface area (Å²) >= 11 is 7.76. The van der Waals surface area contributed by atoms with Gasteiger partial charge in [0.25, 0.3) is 0 Å². The second-order valence-corrected chi connectivity index (χ2v) is 7.13. The number of allylic oxidation sites excluding steroid dienone is 1. The number of benzene rings is 1. The highest BCUT2D eigenvalue weighted by Gasteiger charge is 2.48. The number of hydrogen-bond donors (Lipinski definition) is 1. The van der Waals surface area contributed by atoms with E-state index in [1.165, 1.54) is 16.8 Å². The zero-order valence-electron chi connectivity index (χ0n) is 13.5. The number of thioether (sulfide) groups is 1. The van der Waals surface area contributed by atoms with Crippen LogP contribution in [0.25, 0.3) is 0 Å². The summed E-state index contributed by atoms with van der Waals surface area (Å²) in [5.41, 5.74) is 0.397. The Hall–Kier alpha value is -1.94. The average Bonchev–Trinajstić information content (AvgIpc) is 3.35. The van der Waals surface area contributed by atoms with Crippen LogP contribution in [-0.4, -0.2) is 40.8 Å². The van der Waals surface area contributed by atoms with Crippen molar-refractivity contribution < 1.29 is 19.5 Å². The molecule has 1 fully saturated rings. The van der Waals surface area contributed by atoms with Gasteiger partial charge in [-0.1, -0.05) is 17.5 Å². The summed E-state index contributed by atoms with van der Waals surface area (Å²) in [6.45, 7) is -0.0247. The van der Waals surface area contributed by atoms with Crippen molar-refractivity contribution in [2.24, 2.45) is 5.92 Å². The van der Waals surface area contributed by atoms with E-state index >= 15 is 0 Å². The number of hydroxylamine groups is 2. The van der Waals surface area contributed by atoms with Crippen molar-refractivity contribution in [3.8, 4) is 12.3 Å². The Morgan fingerprint density at radius 3 is 2.72 bits per heavy atom. The van der Waals surface area contributed by atoms with Gasteiger partial charge in [0.15, 0.2) is 11.8 Å². The van der Waals surface area contributed by atoms with E-state index < -0.39 is 17.8 Å². The molecule has 7 heteroatoms. The van der Waals surface area contributed by atoms with Crippen LogP contribution in [0, 0.1) is 18.3 Å². The van der Waals surface area contributed by atoms with Crippen LogP contribution < -0.4 is 0 Å². The molecule has 5 nitrogen and oxygen atoms in total. The predicted molar refractivity (Wildman–Crippen MR) is 95.4 cm³/mol. The maximum atomic E-state index is 13.1. The Kier molecular flexibility index (Phi) is 5.09. The minimum Gasteiger partial charge on any atom is -0.480 e. The number of terminal acetylenes is 1. The van der Waals surface area contributed by atoms with Crippen LogP contribution in [0.1, 0.15) is 23.2 Å². The van der Waals surface area contributed by atoms with Crippen molar-refractivity contribution in [2.75, 3.05) is 12.8 Å². The lowest BCUT2D eigenvalue weighted by Crippen LogP contribution is -2.39. The topological polar surface area (TPSA) is 66.8 Å². The molecule has 1 N–H and O–H groups in total. The van der Waals surface area contributed by atoms with E-state index in [-0.39, 0.29) is 23.6 Å². The van der Waals surface area contributed by atoms with E-state index in [9.17, 15) is 14.7 Å². The number of hydrogen-bond acceptors (Lipinski definition) is 5. The van der Waals surface area contributed by atoms with Crippen molar-refractivity contribution >= 4 is 35.1 Å². The number of carboxylic acids is 1. The molecule has 1 saturated carbocycles. The SMILES string of the molecule is C#CCN1OC(C2CC2)=C(C(=O)c2ccc(SC)cc2Cl)C1C(=O)O. The number of ketones is 1. The van der Waals surface area contributed by atoms with Gasteiger partial charge in [-0.2, -0.15) is 0 Å². The van der Waals surface area contributed by atoms with Crippen molar-refractivity contribution in [2.45, 2.75) is 23.8 Å². The summed E-state index contributed by atoms with van der Waals surface area (Å²) in [5, 5.41) is 11.1. The Balaban J connectivity index is 2.04. The van der Waals surface area contributed by atoms with Crippen LogP contribution in [0.5, 0.6) is 0 Å². The van der Waals surface area contributed by atoms with Gasteiger partial charge in [-0.3, -0.25) is 9.59 Å². The van der Waals surface area contributed by atoms with Gasteiger partial charge in [-0.25, -0.2) is 0 Å². The zero-order chi connectivity index (χ0) is 18.1. The first-order valence-electron chi connectivity index (χ1n) is 7.71. The van der Waals surface area contributed by atoms with Crippen molar-refractivity contribution in [1.82, 2.24) is 5.06 Å². The Labute approximate surface area is 154 Å². The molecule has 0 radical (unpaired) electrons. The minimum atomic E-state index is -1.23. The summed E-state index contributed by atoms with van der Waals surface area (Å²) in [4.78, 5) is 31.5. The van der Waals surface area contributed by atoms with Gasteiger partial charge in [-0.05, 0) is 37.3 Å². The standard InChI is InChI=1S/C18H16ClNO4S/c1-3-8-20-15(18(22)23)14(17(24-20)10-4-5-10)16(21)12-7-6-11(25-2)9-13(12)19/h1,6-7,9-10,15H,4-5,8H2,2H3,(H,22,23). The molecular weight excluding hydrogens is 362 g/mol. The molecule has 0 saturated heterocycles. The van der Waals surface area contributed by atoms with Crippen LogP contribution in [-0.2, 0) is 9.63 Å². The molecule has 1 atom stereocenters. The number of aliphatic carboxylic acids is 1. The molecule has 1 aliphatic heterocycles. The van der Waals surface area contributed by atoms with Crippen LogP contribution in [0.3, 0.4) is 0 Å². The molecule has 3 rings (SSSR count). The largest absolute Gasteiger partial charge is 0.480 e. The lowest BCUT2D eigenvalue weighted by Gasteiger charge is -2.18. The van der Waals surface area contributed by atoms with Gasteiger partial charge >= 0.3 is 5.97 Å². The van der Waals surface area contributed by atoms with Crippen LogP contribution in [0.15, 0.2) is 34.4 Å². The fraction of sp³-hybridized carbons (Fsp3) is 0.333. The van der Waals surface area contributed by atoms with Crippen molar-refractivity contribution in [3.05, 3.63) is 40.1 Å². The number of halogens is 1. The van der Waals surface area contributed by atoms with Crippen molar-refractivity contribution in [1.29, 1.82) is 0 Å². The summed E-state index contributed by atoms with van der Waals surface area (Å²) in [5.74, 6) is 1.25. The number of Topliss-reactive ketones (excluding diaryl/α,β-unsaturated/α-hetero) is 1.